The fourth-order valence-electron chi connectivity index (χ4n) is 4.33. The van der Waals surface area contributed by atoms with Crippen molar-refractivity contribution in [3.8, 4) is 11.6 Å². The van der Waals surface area contributed by atoms with Crippen molar-refractivity contribution in [2.24, 2.45) is 0 Å². The van der Waals surface area contributed by atoms with Gasteiger partial charge in [0.05, 0.1) is 5.69 Å². The molecule has 2 unspecified atom stereocenters. The van der Waals surface area contributed by atoms with E-state index in [0.717, 1.165) is 33.7 Å². The van der Waals surface area contributed by atoms with Crippen LogP contribution in [0.5, 0.6) is 11.6 Å². The number of aromatic nitrogens is 3. The minimum atomic E-state index is -0.252. The fourth-order valence-corrected chi connectivity index (χ4v) is 4.33. The van der Waals surface area contributed by atoms with E-state index in [9.17, 15) is 4.79 Å². The fraction of sp³-hybridized carbons (Fsp3) is 0.103. The van der Waals surface area contributed by atoms with Gasteiger partial charge in [-0.05, 0) is 47.4 Å². The minimum absolute atomic E-state index is 0.0631. The summed E-state index contributed by atoms with van der Waals surface area (Å²) in [6.07, 6.45) is 8.80. The summed E-state index contributed by atoms with van der Waals surface area (Å²) >= 11 is 0. The van der Waals surface area contributed by atoms with E-state index in [1.165, 1.54) is 6.08 Å². The molecule has 4 aromatic rings. The number of nitrogens with zero attached hydrogens (tertiary/aromatic N) is 3. The quantitative estimate of drug-likeness (QED) is 0.351. The number of hydrogen-bond acceptors (Lipinski definition) is 5. The minimum Gasteiger partial charge on any atom is -0.439 e. The topological polar surface area (TPSA) is 77.0 Å². The van der Waals surface area contributed by atoms with E-state index < -0.39 is 0 Å². The standard InChI is InChI=1S/C29H24N4O2/c1-3-27(34)33-22-9-7-8-20(14-22)25-15-24(19(2)26-17-30-18-32-29(25)26)21-12-13-28(31-16-21)35-23-10-5-4-6-11-23/h3-19,24H,1H2,2H3,(H,33,34). The van der Waals surface area contributed by atoms with Gasteiger partial charge in [0.25, 0.3) is 0 Å². The van der Waals surface area contributed by atoms with Crippen LogP contribution in [0, 0.1) is 0 Å². The molecule has 6 nitrogen and oxygen atoms in total. The molecule has 6 heteroatoms. The highest BCUT2D eigenvalue weighted by molar-refractivity contribution is 5.99. The van der Waals surface area contributed by atoms with Gasteiger partial charge in [-0.3, -0.25) is 4.79 Å². The number of hydrogen-bond donors (Lipinski definition) is 1. The van der Waals surface area contributed by atoms with Crippen molar-refractivity contribution in [2.75, 3.05) is 5.32 Å². The number of carbonyl (C=O) groups excluding carboxylic acids is 1. The van der Waals surface area contributed by atoms with Crippen LogP contribution in [0.2, 0.25) is 0 Å². The van der Waals surface area contributed by atoms with E-state index in [4.69, 9.17) is 4.74 Å². The molecule has 172 valence electrons. The van der Waals surface area contributed by atoms with Gasteiger partial charge in [0.15, 0.2) is 0 Å². The second kappa shape index (κ2) is 9.73. The first-order chi connectivity index (χ1) is 17.1. The summed E-state index contributed by atoms with van der Waals surface area (Å²) in [6, 6.07) is 21.3. The predicted molar refractivity (Wildman–Crippen MR) is 136 cm³/mol. The lowest BCUT2D eigenvalue weighted by Gasteiger charge is -2.29. The number of fused-ring (bicyclic) bond motifs is 1. The van der Waals surface area contributed by atoms with Gasteiger partial charge in [-0.1, -0.05) is 56.0 Å². The van der Waals surface area contributed by atoms with Gasteiger partial charge in [-0.2, -0.15) is 0 Å². The maximum atomic E-state index is 11.8. The zero-order valence-corrected chi connectivity index (χ0v) is 19.3. The smallest absolute Gasteiger partial charge is 0.247 e. The Balaban J connectivity index is 1.50. The number of nitrogens with one attached hydrogen (secondary N) is 1. The number of rotatable bonds is 6. The molecule has 2 aromatic carbocycles. The van der Waals surface area contributed by atoms with Gasteiger partial charge in [-0.15, -0.1) is 0 Å². The molecule has 0 radical (unpaired) electrons. The molecule has 1 aliphatic rings. The Bertz CT molecular complexity index is 1400. The number of allylic oxidation sites excluding steroid dienone is 1. The SMILES string of the molecule is C=CC(=O)Nc1cccc(C2=CC(c3ccc(Oc4ccccc4)nc3)C(C)c3cncnc32)c1. The third-order valence-corrected chi connectivity index (χ3v) is 6.11. The molecule has 0 aliphatic heterocycles. The summed E-state index contributed by atoms with van der Waals surface area (Å²) in [5.74, 6) is 1.25. The number of para-hydroxylation sites is 1. The number of carbonyl (C=O) groups is 1. The first kappa shape index (κ1) is 22.2. The average Bonchev–Trinajstić information content (AvgIpc) is 2.90. The van der Waals surface area contributed by atoms with E-state index >= 15 is 0 Å². The van der Waals surface area contributed by atoms with Gasteiger partial charge in [0.2, 0.25) is 11.8 Å². The molecule has 1 N–H and O–H groups in total. The van der Waals surface area contributed by atoms with Gasteiger partial charge in [0.1, 0.15) is 12.1 Å². The molecule has 0 bridgehead atoms. The summed E-state index contributed by atoms with van der Waals surface area (Å²) in [7, 11) is 0. The van der Waals surface area contributed by atoms with Crippen LogP contribution in [0.1, 0.15) is 41.1 Å². The number of amides is 1. The first-order valence-corrected chi connectivity index (χ1v) is 11.4. The monoisotopic (exact) mass is 460 g/mol. The Labute approximate surface area is 204 Å². The van der Waals surface area contributed by atoms with Crippen molar-refractivity contribution in [1.29, 1.82) is 0 Å². The van der Waals surface area contributed by atoms with Crippen molar-refractivity contribution in [1.82, 2.24) is 15.0 Å². The van der Waals surface area contributed by atoms with Crippen LogP contribution in [0.3, 0.4) is 0 Å². The van der Waals surface area contributed by atoms with Crippen LogP contribution >= 0.6 is 0 Å². The molecule has 0 saturated heterocycles. The Kier molecular flexibility index (Phi) is 6.18. The van der Waals surface area contributed by atoms with E-state index in [-0.39, 0.29) is 17.7 Å². The lowest BCUT2D eigenvalue weighted by atomic mass is 9.75. The third kappa shape index (κ3) is 4.73. The van der Waals surface area contributed by atoms with Crippen molar-refractivity contribution in [2.45, 2.75) is 18.8 Å². The number of anilines is 1. The van der Waals surface area contributed by atoms with E-state index in [2.05, 4.69) is 45.9 Å². The zero-order valence-electron chi connectivity index (χ0n) is 19.3. The molecule has 35 heavy (non-hydrogen) atoms. The van der Waals surface area contributed by atoms with Crippen molar-refractivity contribution < 1.29 is 9.53 Å². The largest absolute Gasteiger partial charge is 0.439 e. The maximum absolute atomic E-state index is 11.8. The van der Waals surface area contributed by atoms with Crippen molar-refractivity contribution >= 4 is 17.2 Å². The Hall–Kier alpha value is -4.58. The number of ether oxygens (including phenoxy) is 1. The molecular formula is C29H24N4O2. The second-order valence-electron chi connectivity index (χ2n) is 8.34. The zero-order chi connectivity index (χ0) is 24.2. The number of benzene rings is 2. The Morgan fingerprint density at radius 1 is 1.03 bits per heavy atom. The van der Waals surface area contributed by atoms with Gasteiger partial charge >= 0.3 is 0 Å². The van der Waals surface area contributed by atoms with E-state index in [1.54, 1.807) is 6.33 Å². The van der Waals surface area contributed by atoms with Crippen LogP contribution in [-0.2, 0) is 4.79 Å². The van der Waals surface area contributed by atoms with Gasteiger partial charge < -0.3 is 10.1 Å². The predicted octanol–water partition coefficient (Wildman–Crippen LogP) is 6.12. The molecule has 2 atom stereocenters. The summed E-state index contributed by atoms with van der Waals surface area (Å²) in [5.41, 5.74) is 5.68. The highest BCUT2D eigenvalue weighted by Crippen LogP contribution is 2.44. The highest BCUT2D eigenvalue weighted by atomic mass is 16.5. The molecule has 1 amide bonds. The molecular weight excluding hydrogens is 436 g/mol. The third-order valence-electron chi connectivity index (χ3n) is 6.11. The van der Waals surface area contributed by atoms with Crippen molar-refractivity contribution in [3.05, 3.63) is 127 Å². The van der Waals surface area contributed by atoms with E-state index in [1.807, 2.05) is 73.1 Å². The van der Waals surface area contributed by atoms with Gasteiger partial charge in [-0.25, -0.2) is 15.0 Å². The molecule has 5 rings (SSSR count). The van der Waals surface area contributed by atoms with Crippen molar-refractivity contribution in [3.63, 3.8) is 0 Å². The molecule has 0 saturated carbocycles. The number of pyridine rings is 1. The van der Waals surface area contributed by atoms with Gasteiger partial charge in [0, 0.05) is 41.2 Å². The first-order valence-electron chi connectivity index (χ1n) is 11.4. The molecule has 2 heterocycles. The normalized spacial score (nSPS) is 16.5. The lowest BCUT2D eigenvalue weighted by molar-refractivity contribution is -0.111. The summed E-state index contributed by atoms with van der Waals surface area (Å²) in [6.45, 7) is 5.70. The summed E-state index contributed by atoms with van der Waals surface area (Å²) in [4.78, 5) is 25.3. The molecule has 0 fully saturated rings. The van der Waals surface area contributed by atoms with Crippen LogP contribution in [-0.4, -0.2) is 20.9 Å². The summed E-state index contributed by atoms with van der Waals surface area (Å²) < 4.78 is 5.86. The summed E-state index contributed by atoms with van der Waals surface area (Å²) in [5, 5.41) is 2.83. The van der Waals surface area contributed by atoms with Crippen LogP contribution in [0.15, 0.2) is 104 Å². The average molecular weight is 461 g/mol. The highest BCUT2D eigenvalue weighted by Gasteiger charge is 2.30. The molecule has 1 aliphatic carbocycles. The Morgan fingerprint density at radius 2 is 1.89 bits per heavy atom. The lowest BCUT2D eigenvalue weighted by Crippen LogP contribution is -2.16. The Morgan fingerprint density at radius 3 is 2.66 bits per heavy atom. The van der Waals surface area contributed by atoms with Crippen LogP contribution < -0.4 is 10.1 Å². The van der Waals surface area contributed by atoms with E-state index in [0.29, 0.717) is 11.6 Å². The molecule has 0 spiro atoms. The van der Waals surface area contributed by atoms with Crippen LogP contribution in [0.4, 0.5) is 5.69 Å². The van der Waals surface area contributed by atoms with Crippen LogP contribution in [0.25, 0.3) is 5.57 Å². The molecule has 2 aromatic heterocycles. The maximum Gasteiger partial charge on any atom is 0.247 e. The second-order valence-corrected chi connectivity index (χ2v) is 8.34.